The first-order chi connectivity index (χ1) is 8.19. The zero-order valence-corrected chi connectivity index (χ0v) is 9.69. The fraction of sp³-hybridized carbons (Fsp3) is 0.308. The van der Waals surface area contributed by atoms with E-state index in [9.17, 15) is 4.79 Å². The molecule has 0 atom stereocenters. The molecule has 0 saturated heterocycles. The van der Waals surface area contributed by atoms with Crippen LogP contribution >= 0.6 is 0 Å². The Morgan fingerprint density at radius 2 is 2.35 bits per heavy atom. The second kappa shape index (κ2) is 6.56. The lowest BCUT2D eigenvalue weighted by Gasteiger charge is -2.12. The normalized spacial score (nSPS) is 9.47. The van der Waals surface area contributed by atoms with E-state index in [1.165, 1.54) is 0 Å². The maximum atomic E-state index is 11.3. The highest BCUT2D eigenvalue weighted by atomic mass is 16.5. The molecule has 4 nitrogen and oxygen atoms in total. The van der Waals surface area contributed by atoms with E-state index in [1.807, 2.05) is 19.1 Å². The molecule has 0 saturated carbocycles. The SMILES string of the molecule is C#CCNC(=O)COc1c(C)cccc1CO. The second-order valence-electron chi connectivity index (χ2n) is 3.49. The molecular formula is C13H15NO3. The van der Waals surface area contributed by atoms with E-state index in [2.05, 4.69) is 11.2 Å². The van der Waals surface area contributed by atoms with Crippen molar-refractivity contribution < 1.29 is 14.6 Å². The van der Waals surface area contributed by atoms with Gasteiger partial charge in [0, 0.05) is 5.56 Å². The number of benzene rings is 1. The van der Waals surface area contributed by atoms with E-state index in [4.69, 9.17) is 16.3 Å². The Hall–Kier alpha value is -1.99. The molecule has 0 aliphatic carbocycles. The van der Waals surface area contributed by atoms with Crippen LogP contribution in [0, 0.1) is 19.3 Å². The van der Waals surface area contributed by atoms with Crippen molar-refractivity contribution in [1.29, 1.82) is 0 Å². The van der Waals surface area contributed by atoms with Gasteiger partial charge in [-0.1, -0.05) is 24.1 Å². The second-order valence-corrected chi connectivity index (χ2v) is 3.49. The molecule has 0 aliphatic heterocycles. The first-order valence-corrected chi connectivity index (χ1v) is 5.21. The number of aliphatic hydroxyl groups excluding tert-OH is 1. The molecule has 0 aliphatic rings. The number of ether oxygens (including phenoxy) is 1. The number of amides is 1. The fourth-order valence-electron chi connectivity index (χ4n) is 1.38. The van der Waals surface area contributed by atoms with Crippen molar-refractivity contribution in [3.05, 3.63) is 29.3 Å². The quantitative estimate of drug-likeness (QED) is 0.733. The Kier molecular flexibility index (Phi) is 5.05. The monoisotopic (exact) mass is 233 g/mol. The van der Waals surface area contributed by atoms with E-state index in [0.29, 0.717) is 11.3 Å². The highest BCUT2D eigenvalue weighted by Crippen LogP contribution is 2.23. The molecule has 90 valence electrons. The van der Waals surface area contributed by atoms with E-state index < -0.39 is 0 Å². The van der Waals surface area contributed by atoms with Gasteiger partial charge < -0.3 is 15.2 Å². The number of hydrogen-bond acceptors (Lipinski definition) is 3. The number of aryl methyl sites for hydroxylation is 1. The van der Waals surface area contributed by atoms with Crippen LogP contribution in [0.1, 0.15) is 11.1 Å². The molecule has 1 aromatic rings. The van der Waals surface area contributed by atoms with E-state index in [0.717, 1.165) is 5.56 Å². The number of carbonyl (C=O) groups excluding carboxylic acids is 1. The predicted molar refractivity (Wildman–Crippen MR) is 64.4 cm³/mol. The van der Waals surface area contributed by atoms with Crippen molar-refractivity contribution >= 4 is 5.91 Å². The van der Waals surface area contributed by atoms with Crippen molar-refractivity contribution in [2.75, 3.05) is 13.2 Å². The Morgan fingerprint density at radius 1 is 1.59 bits per heavy atom. The summed E-state index contributed by atoms with van der Waals surface area (Å²) in [6.45, 7) is 1.80. The van der Waals surface area contributed by atoms with Crippen LogP contribution in [0.3, 0.4) is 0 Å². The molecule has 0 unspecified atom stereocenters. The lowest BCUT2D eigenvalue weighted by molar-refractivity contribution is -0.122. The van der Waals surface area contributed by atoms with Crippen LogP contribution in [0.4, 0.5) is 0 Å². The van der Waals surface area contributed by atoms with Crippen LogP contribution in [0.5, 0.6) is 5.75 Å². The maximum absolute atomic E-state index is 11.3. The summed E-state index contributed by atoms with van der Waals surface area (Å²) < 4.78 is 5.38. The molecule has 1 rings (SSSR count). The third-order valence-corrected chi connectivity index (χ3v) is 2.20. The molecule has 1 aromatic carbocycles. The molecule has 0 spiro atoms. The topological polar surface area (TPSA) is 58.6 Å². The largest absolute Gasteiger partial charge is 0.483 e. The lowest BCUT2D eigenvalue weighted by Crippen LogP contribution is -2.29. The summed E-state index contributed by atoms with van der Waals surface area (Å²) in [7, 11) is 0. The summed E-state index contributed by atoms with van der Waals surface area (Å²) in [5.74, 6) is 2.57. The molecule has 0 aromatic heterocycles. The number of rotatable bonds is 5. The van der Waals surface area contributed by atoms with Crippen LogP contribution in [0.15, 0.2) is 18.2 Å². The smallest absolute Gasteiger partial charge is 0.258 e. The Labute approximate surface area is 101 Å². The minimum absolute atomic E-state index is 0.112. The Balaban J connectivity index is 2.63. The molecule has 0 heterocycles. The zero-order valence-electron chi connectivity index (χ0n) is 9.69. The van der Waals surface area contributed by atoms with Gasteiger partial charge in [-0.2, -0.15) is 0 Å². The lowest BCUT2D eigenvalue weighted by atomic mass is 10.1. The van der Waals surface area contributed by atoms with Crippen LogP contribution in [0.2, 0.25) is 0 Å². The van der Waals surface area contributed by atoms with Gasteiger partial charge in [0.15, 0.2) is 6.61 Å². The molecule has 1 amide bonds. The molecule has 0 radical (unpaired) electrons. The summed E-state index contributed by atoms with van der Waals surface area (Å²) in [5.41, 5.74) is 1.54. The summed E-state index contributed by atoms with van der Waals surface area (Å²) in [5, 5.41) is 11.6. The molecule has 2 N–H and O–H groups in total. The number of terminal acetylenes is 1. The summed E-state index contributed by atoms with van der Waals surface area (Å²) in [6.07, 6.45) is 5.02. The van der Waals surface area contributed by atoms with Crippen molar-refractivity contribution in [1.82, 2.24) is 5.32 Å². The molecule has 17 heavy (non-hydrogen) atoms. The van der Waals surface area contributed by atoms with E-state index in [-0.39, 0.29) is 25.7 Å². The molecular weight excluding hydrogens is 218 g/mol. The Morgan fingerprint density at radius 3 is 3.00 bits per heavy atom. The van der Waals surface area contributed by atoms with Gasteiger partial charge in [0.1, 0.15) is 5.75 Å². The van der Waals surface area contributed by atoms with Crippen LogP contribution in [-0.4, -0.2) is 24.2 Å². The number of carbonyl (C=O) groups is 1. The zero-order chi connectivity index (χ0) is 12.7. The van der Waals surface area contributed by atoms with Gasteiger partial charge in [-0.15, -0.1) is 6.42 Å². The average Bonchev–Trinajstić information content (AvgIpc) is 2.34. The number of hydrogen-bond donors (Lipinski definition) is 2. The van der Waals surface area contributed by atoms with Gasteiger partial charge in [0.25, 0.3) is 5.91 Å². The van der Waals surface area contributed by atoms with Crippen LogP contribution in [0.25, 0.3) is 0 Å². The first kappa shape index (κ1) is 13.1. The molecule has 0 bridgehead atoms. The average molecular weight is 233 g/mol. The standard InChI is InChI=1S/C13H15NO3/c1-3-7-14-12(16)9-17-13-10(2)5-4-6-11(13)8-15/h1,4-6,15H,7-9H2,2H3,(H,14,16). The molecule has 4 heteroatoms. The van der Waals surface area contributed by atoms with Crippen molar-refractivity contribution in [2.24, 2.45) is 0 Å². The third-order valence-electron chi connectivity index (χ3n) is 2.20. The molecule has 0 fully saturated rings. The Bertz CT molecular complexity index is 435. The summed E-state index contributed by atoms with van der Waals surface area (Å²) in [6, 6.07) is 5.43. The van der Waals surface area contributed by atoms with Crippen LogP contribution in [-0.2, 0) is 11.4 Å². The van der Waals surface area contributed by atoms with Crippen molar-refractivity contribution in [3.63, 3.8) is 0 Å². The van der Waals surface area contributed by atoms with Gasteiger partial charge in [0.2, 0.25) is 0 Å². The number of aliphatic hydroxyl groups is 1. The predicted octanol–water partition coefficient (Wildman–Crippen LogP) is 0.616. The third kappa shape index (κ3) is 3.82. The number of para-hydroxylation sites is 1. The van der Waals surface area contributed by atoms with Gasteiger partial charge >= 0.3 is 0 Å². The first-order valence-electron chi connectivity index (χ1n) is 5.21. The minimum Gasteiger partial charge on any atom is -0.483 e. The van der Waals surface area contributed by atoms with E-state index >= 15 is 0 Å². The van der Waals surface area contributed by atoms with E-state index in [1.54, 1.807) is 6.07 Å². The maximum Gasteiger partial charge on any atom is 0.258 e. The van der Waals surface area contributed by atoms with Crippen molar-refractivity contribution in [2.45, 2.75) is 13.5 Å². The van der Waals surface area contributed by atoms with Gasteiger partial charge in [-0.05, 0) is 12.5 Å². The van der Waals surface area contributed by atoms with Gasteiger partial charge in [-0.3, -0.25) is 4.79 Å². The van der Waals surface area contributed by atoms with Crippen LogP contribution < -0.4 is 10.1 Å². The highest BCUT2D eigenvalue weighted by molar-refractivity contribution is 5.77. The number of nitrogens with one attached hydrogen (secondary N) is 1. The van der Waals surface area contributed by atoms with Gasteiger partial charge in [-0.25, -0.2) is 0 Å². The van der Waals surface area contributed by atoms with Crippen molar-refractivity contribution in [3.8, 4) is 18.1 Å². The fourth-order valence-corrected chi connectivity index (χ4v) is 1.38. The minimum atomic E-state index is -0.282. The highest BCUT2D eigenvalue weighted by Gasteiger charge is 2.08. The van der Waals surface area contributed by atoms with Gasteiger partial charge in [0.05, 0.1) is 13.2 Å². The summed E-state index contributed by atoms with van der Waals surface area (Å²) >= 11 is 0. The summed E-state index contributed by atoms with van der Waals surface area (Å²) in [4.78, 5) is 11.3.